The summed E-state index contributed by atoms with van der Waals surface area (Å²) in [6.07, 6.45) is 2.73. The zero-order chi connectivity index (χ0) is 22.9. The van der Waals surface area contributed by atoms with E-state index in [0.29, 0.717) is 58.0 Å². The van der Waals surface area contributed by atoms with Crippen molar-refractivity contribution in [2.75, 3.05) is 5.32 Å². The van der Waals surface area contributed by atoms with E-state index >= 15 is 0 Å². The van der Waals surface area contributed by atoms with Crippen LogP contribution in [0, 0.1) is 5.92 Å². The van der Waals surface area contributed by atoms with Crippen LogP contribution < -0.4 is 10.6 Å². The fraction of sp³-hybridized carbons (Fsp3) is 0.250. The van der Waals surface area contributed by atoms with E-state index in [1.807, 2.05) is 12.1 Å². The van der Waals surface area contributed by atoms with Gasteiger partial charge < -0.3 is 9.73 Å². The van der Waals surface area contributed by atoms with Crippen LogP contribution in [0.15, 0.2) is 52.9 Å². The fourth-order valence-corrected chi connectivity index (χ4v) is 4.49. The summed E-state index contributed by atoms with van der Waals surface area (Å²) in [5.74, 6) is -0.516. The van der Waals surface area contributed by atoms with Gasteiger partial charge in [0.15, 0.2) is 5.58 Å². The molecule has 1 aliphatic rings. The second-order valence-electron chi connectivity index (χ2n) is 8.18. The molecule has 0 aliphatic heterocycles. The molecule has 1 saturated carbocycles. The number of carbonyl (C=O) groups is 2. The lowest BCUT2D eigenvalue weighted by molar-refractivity contribution is -0.121. The van der Waals surface area contributed by atoms with Gasteiger partial charge in [-0.3, -0.25) is 14.9 Å². The van der Waals surface area contributed by atoms with E-state index in [1.54, 1.807) is 36.4 Å². The monoisotopic (exact) mass is 482 g/mol. The van der Waals surface area contributed by atoms with Gasteiger partial charge in [-0.15, -0.1) is 0 Å². The molecule has 2 amide bonds. The second-order valence-corrected chi connectivity index (χ2v) is 9.05. The van der Waals surface area contributed by atoms with Gasteiger partial charge >= 0.3 is 6.01 Å². The van der Waals surface area contributed by atoms with Crippen molar-refractivity contribution in [2.24, 2.45) is 5.92 Å². The number of nitrogens with zero attached hydrogens (tertiary/aromatic N) is 2. The predicted molar refractivity (Wildman–Crippen MR) is 128 cm³/mol. The molecule has 0 bridgehead atoms. The minimum Gasteiger partial charge on any atom is -0.423 e. The number of fused-ring (bicyclic) bond motifs is 2. The Morgan fingerprint density at radius 1 is 0.879 bits per heavy atom. The van der Waals surface area contributed by atoms with Gasteiger partial charge in [0.25, 0.3) is 5.91 Å². The molecular weight excluding hydrogens is 463 g/mol. The summed E-state index contributed by atoms with van der Waals surface area (Å²) < 4.78 is 5.57. The minimum atomic E-state index is -0.218. The summed E-state index contributed by atoms with van der Waals surface area (Å²) in [6, 6.07) is 14.2. The maximum atomic E-state index is 12.7. The summed E-state index contributed by atoms with van der Waals surface area (Å²) in [5.41, 5.74) is 2.23. The van der Waals surface area contributed by atoms with E-state index in [1.165, 1.54) is 0 Å². The Balaban J connectivity index is 1.16. The maximum absolute atomic E-state index is 12.7. The SMILES string of the molecule is O=C(NC1CCC(C(=O)Nc2nc3cc(Cl)ccc3o2)CC1)c1ccc2cc(Cl)ccc2n1. The number of carbonyl (C=O) groups excluding carboxylic acids is 2. The smallest absolute Gasteiger partial charge is 0.302 e. The number of amides is 2. The van der Waals surface area contributed by atoms with Gasteiger partial charge in [0, 0.05) is 27.4 Å². The number of hydrogen-bond donors (Lipinski definition) is 2. The van der Waals surface area contributed by atoms with Gasteiger partial charge in [-0.1, -0.05) is 29.3 Å². The second kappa shape index (κ2) is 9.00. The van der Waals surface area contributed by atoms with E-state index < -0.39 is 0 Å². The summed E-state index contributed by atoms with van der Waals surface area (Å²) in [4.78, 5) is 34.0. The minimum absolute atomic E-state index is 0.00395. The van der Waals surface area contributed by atoms with Crippen molar-refractivity contribution in [2.45, 2.75) is 31.7 Å². The molecule has 168 valence electrons. The highest BCUT2D eigenvalue weighted by atomic mass is 35.5. The Labute approximate surface area is 199 Å². The number of nitrogens with one attached hydrogen (secondary N) is 2. The average Bonchev–Trinajstić information content (AvgIpc) is 3.20. The molecule has 0 radical (unpaired) electrons. The van der Waals surface area contributed by atoms with E-state index in [9.17, 15) is 9.59 Å². The highest BCUT2D eigenvalue weighted by molar-refractivity contribution is 6.31. The van der Waals surface area contributed by atoms with Gasteiger partial charge in [0.05, 0.1) is 5.52 Å². The zero-order valence-electron chi connectivity index (χ0n) is 17.5. The molecule has 2 aromatic carbocycles. The van der Waals surface area contributed by atoms with E-state index in [-0.39, 0.29) is 29.8 Å². The first-order valence-electron chi connectivity index (χ1n) is 10.7. The van der Waals surface area contributed by atoms with Gasteiger partial charge in [0.1, 0.15) is 11.2 Å². The van der Waals surface area contributed by atoms with Gasteiger partial charge in [-0.25, -0.2) is 4.98 Å². The van der Waals surface area contributed by atoms with Crippen LogP contribution in [-0.2, 0) is 4.79 Å². The molecular formula is C24H20Cl2N4O3. The number of oxazole rings is 1. The average molecular weight is 483 g/mol. The van der Waals surface area contributed by atoms with Crippen LogP contribution in [0.2, 0.25) is 10.0 Å². The van der Waals surface area contributed by atoms with Crippen LogP contribution in [0.25, 0.3) is 22.0 Å². The summed E-state index contributed by atoms with van der Waals surface area (Å²) in [6.45, 7) is 0. The molecule has 2 heterocycles. The molecule has 7 nitrogen and oxygen atoms in total. The van der Waals surface area contributed by atoms with Crippen molar-refractivity contribution < 1.29 is 14.0 Å². The number of aromatic nitrogens is 2. The van der Waals surface area contributed by atoms with Crippen LogP contribution in [0.3, 0.4) is 0 Å². The molecule has 0 unspecified atom stereocenters. The third-order valence-corrected chi connectivity index (χ3v) is 6.37. The molecule has 0 saturated heterocycles. The number of rotatable bonds is 4. The van der Waals surface area contributed by atoms with Crippen molar-refractivity contribution in [3.05, 3.63) is 64.3 Å². The van der Waals surface area contributed by atoms with Crippen molar-refractivity contribution in [3.8, 4) is 0 Å². The van der Waals surface area contributed by atoms with E-state index in [2.05, 4.69) is 20.6 Å². The lowest BCUT2D eigenvalue weighted by Gasteiger charge is -2.28. The molecule has 0 spiro atoms. The van der Waals surface area contributed by atoms with Crippen LogP contribution in [0.5, 0.6) is 0 Å². The van der Waals surface area contributed by atoms with Crippen LogP contribution >= 0.6 is 23.2 Å². The van der Waals surface area contributed by atoms with Crippen LogP contribution in [0.4, 0.5) is 6.01 Å². The summed E-state index contributed by atoms with van der Waals surface area (Å²) in [7, 11) is 0. The maximum Gasteiger partial charge on any atom is 0.302 e. The zero-order valence-corrected chi connectivity index (χ0v) is 19.0. The van der Waals surface area contributed by atoms with Gasteiger partial charge in [0.2, 0.25) is 5.91 Å². The fourth-order valence-electron chi connectivity index (χ4n) is 4.14. The Bertz CT molecular complexity index is 1360. The van der Waals surface area contributed by atoms with Gasteiger partial charge in [-0.05, 0) is 68.1 Å². The molecule has 4 aromatic rings. The molecule has 33 heavy (non-hydrogen) atoms. The first-order valence-corrected chi connectivity index (χ1v) is 11.4. The molecule has 2 aromatic heterocycles. The van der Waals surface area contributed by atoms with Gasteiger partial charge in [-0.2, -0.15) is 4.98 Å². The predicted octanol–water partition coefficient (Wildman–Crippen LogP) is 5.61. The number of pyridine rings is 1. The molecule has 2 N–H and O–H groups in total. The number of benzene rings is 2. The van der Waals surface area contributed by atoms with Crippen molar-refractivity contribution in [1.29, 1.82) is 0 Å². The highest BCUT2D eigenvalue weighted by Gasteiger charge is 2.28. The van der Waals surface area contributed by atoms with Crippen molar-refractivity contribution in [3.63, 3.8) is 0 Å². The van der Waals surface area contributed by atoms with Crippen LogP contribution in [-0.4, -0.2) is 27.8 Å². The van der Waals surface area contributed by atoms with Crippen molar-refractivity contribution in [1.82, 2.24) is 15.3 Å². The number of anilines is 1. The Kier molecular flexibility index (Phi) is 5.91. The highest BCUT2D eigenvalue weighted by Crippen LogP contribution is 2.27. The molecule has 5 rings (SSSR count). The van der Waals surface area contributed by atoms with E-state index in [4.69, 9.17) is 27.6 Å². The summed E-state index contributed by atoms with van der Waals surface area (Å²) in [5, 5.41) is 7.86. The molecule has 0 atom stereocenters. The quantitative estimate of drug-likeness (QED) is 0.393. The molecule has 9 heteroatoms. The summed E-state index contributed by atoms with van der Waals surface area (Å²) >= 11 is 12.0. The third-order valence-electron chi connectivity index (χ3n) is 5.90. The Morgan fingerprint density at radius 2 is 1.64 bits per heavy atom. The third kappa shape index (κ3) is 4.79. The van der Waals surface area contributed by atoms with Crippen LogP contribution in [0.1, 0.15) is 36.2 Å². The largest absolute Gasteiger partial charge is 0.423 e. The molecule has 1 fully saturated rings. The molecule has 1 aliphatic carbocycles. The topological polar surface area (TPSA) is 97.1 Å². The number of halogens is 2. The Morgan fingerprint density at radius 3 is 2.45 bits per heavy atom. The first kappa shape index (κ1) is 21.7. The normalized spacial score (nSPS) is 18.4. The lowest BCUT2D eigenvalue weighted by atomic mass is 9.85. The lowest BCUT2D eigenvalue weighted by Crippen LogP contribution is -2.39. The van der Waals surface area contributed by atoms with E-state index in [0.717, 1.165) is 5.39 Å². The standard InChI is InChI=1S/C24H20Cl2N4O3/c25-15-4-9-18-14(11-15)3-8-19(28-18)23(32)27-17-6-1-13(2-7-17)22(31)30-24-29-20-12-16(26)5-10-21(20)33-24/h3-5,8-13,17H,1-2,6-7H2,(H,27,32)(H,29,30,31). The number of hydrogen-bond acceptors (Lipinski definition) is 5. The Hall–Kier alpha value is -3.16. The van der Waals surface area contributed by atoms with Crippen molar-refractivity contribution >= 4 is 63.0 Å². The first-order chi connectivity index (χ1) is 15.9.